The van der Waals surface area contributed by atoms with Gasteiger partial charge in [0.05, 0.1) is 26.3 Å². The molecule has 2 fully saturated rings. The average molecular weight is 395 g/mol. The van der Waals surface area contributed by atoms with E-state index < -0.39 is 0 Å². The Morgan fingerprint density at radius 1 is 1.21 bits per heavy atom. The van der Waals surface area contributed by atoms with Crippen molar-refractivity contribution in [1.82, 2.24) is 34.9 Å². The number of carbonyl (C=O) groups excluding carboxylic acids is 2. The summed E-state index contributed by atoms with van der Waals surface area (Å²) in [4.78, 5) is 31.7. The Labute approximate surface area is 164 Å². The number of morpholine rings is 1. The summed E-state index contributed by atoms with van der Waals surface area (Å²) in [6.45, 7) is 3.66. The van der Waals surface area contributed by atoms with E-state index in [2.05, 4.69) is 15.4 Å². The molecule has 0 N–H and O–H groups in total. The SMILES string of the molecule is COCCn1nnc(C2CN(C(=O)C3CCN(C(=O)N(C)C)CC3)CCO2)n1. The summed E-state index contributed by atoms with van der Waals surface area (Å²) in [6.07, 6.45) is 1.00. The van der Waals surface area contributed by atoms with Gasteiger partial charge in [-0.1, -0.05) is 0 Å². The van der Waals surface area contributed by atoms with Gasteiger partial charge in [-0.3, -0.25) is 4.79 Å². The molecule has 0 bridgehead atoms. The monoisotopic (exact) mass is 395 g/mol. The molecule has 3 amide bonds. The predicted molar refractivity (Wildman–Crippen MR) is 98.3 cm³/mol. The first-order chi connectivity index (χ1) is 13.5. The molecule has 0 aromatic carbocycles. The zero-order valence-corrected chi connectivity index (χ0v) is 16.8. The molecule has 3 heterocycles. The van der Waals surface area contributed by atoms with Crippen LogP contribution in [0.2, 0.25) is 0 Å². The number of likely N-dealkylation sites (tertiary alicyclic amines) is 1. The number of carbonyl (C=O) groups is 2. The van der Waals surface area contributed by atoms with Crippen LogP contribution in [0.5, 0.6) is 0 Å². The zero-order valence-electron chi connectivity index (χ0n) is 16.8. The van der Waals surface area contributed by atoms with Gasteiger partial charge in [-0.25, -0.2) is 4.79 Å². The molecule has 2 saturated heterocycles. The Balaban J connectivity index is 1.53. The number of rotatable bonds is 5. The van der Waals surface area contributed by atoms with Crippen LogP contribution in [0.1, 0.15) is 24.8 Å². The molecule has 0 saturated carbocycles. The highest BCUT2D eigenvalue weighted by atomic mass is 16.5. The van der Waals surface area contributed by atoms with E-state index in [1.807, 2.05) is 4.90 Å². The van der Waals surface area contributed by atoms with Crippen LogP contribution >= 0.6 is 0 Å². The normalized spacial score (nSPS) is 21.0. The molecule has 2 aliphatic rings. The second-order valence-electron chi connectivity index (χ2n) is 7.32. The molecule has 11 heteroatoms. The van der Waals surface area contributed by atoms with Crippen molar-refractivity contribution in [3.05, 3.63) is 5.82 Å². The summed E-state index contributed by atoms with van der Waals surface area (Å²) in [6, 6.07) is -0.0000285. The largest absolute Gasteiger partial charge is 0.383 e. The van der Waals surface area contributed by atoms with E-state index in [1.165, 1.54) is 4.80 Å². The van der Waals surface area contributed by atoms with Crippen molar-refractivity contribution < 1.29 is 19.1 Å². The predicted octanol–water partition coefficient (Wildman–Crippen LogP) is -0.387. The number of amides is 3. The van der Waals surface area contributed by atoms with Crippen LogP contribution in [-0.4, -0.2) is 107 Å². The summed E-state index contributed by atoms with van der Waals surface area (Å²) in [5.74, 6) is 0.548. The molecule has 2 aliphatic heterocycles. The number of piperidine rings is 1. The van der Waals surface area contributed by atoms with Gasteiger partial charge in [-0.2, -0.15) is 4.80 Å². The van der Waals surface area contributed by atoms with Gasteiger partial charge in [0.2, 0.25) is 11.7 Å². The zero-order chi connectivity index (χ0) is 20.1. The molecule has 11 nitrogen and oxygen atoms in total. The molecule has 156 valence electrons. The Bertz CT molecular complexity index is 672. The molecular formula is C17H29N7O4. The van der Waals surface area contributed by atoms with Gasteiger partial charge in [-0.15, -0.1) is 10.2 Å². The lowest BCUT2D eigenvalue weighted by molar-refractivity contribution is -0.145. The van der Waals surface area contributed by atoms with E-state index in [4.69, 9.17) is 9.47 Å². The number of ether oxygens (including phenoxy) is 2. The highest BCUT2D eigenvalue weighted by Gasteiger charge is 2.34. The first kappa shape index (κ1) is 20.5. The first-order valence-corrected chi connectivity index (χ1v) is 9.63. The van der Waals surface area contributed by atoms with Crippen LogP contribution in [0.25, 0.3) is 0 Å². The summed E-state index contributed by atoms with van der Waals surface area (Å²) >= 11 is 0. The van der Waals surface area contributed by atoms with Crippen molar-refractivity contribution in [2.24, 2.45) is 5.92 Å². The quantitative estimate of drug-likeness (QED) is 0.669. The Morgan fingerprint density at radius 3 is 2.64 bits per heavy atom. The third-order valence-corrected chi connectivity index (χ3v) is 5.13. The molecule has 28 heavy (non-hydrogen) atoms. The van der Waals surface area contributed by atoms with E-state index in [9.17, 15) is 9.59 Å². The van der Waals surface area contributed by atoms with Gasteiger partial charge in [0, 0.05) is 46.8 Å². The van der Waals surface area contributed by atoms with Crippen LogP contribution in [0, 0.1) is 5.92 Å². The molecule has 1 aromatic rings. The molecule has 3 rings (SSSR count). The third-order valence-electron chi connectivity index (χ3n) is 5.13. The van der Waals surface area contributed by atoms with Crippen molar-refractivity contribution in [1.29, 1.82) is 0 Å². The van der Waals surface area contributed by atoms with Crippen molar-refractivity contribution >= 4 is 11.9 Å². The second-order valence-corrected chi connectivity index (χ2v) is 7.32. The molecule has 0 aliphatic carbocycles. The minimum atomic E-state index is -0.371. The van der Waals surface area contributed by atoms with E-state index in [0.29, 0.717) is 64.6 Å². The smallest absolute Gasteiger partial charge is 0.319 e. The van der Waals surface area contributed by atoms with E-state index in [1.54, 1.807) is 31.0 Å². The van der Waals surface area contributed by atoms with Crippen LogP contribution in [0.15, 0.2) is 0 Å². The van der Waals surface area contributed by atoms with Gasteiger partial charge in [0.25, 0.3) is 0 Å². The summed E-state index contributed by atoms with van der Waals surface area (Å²) in [5, 5.41) is 12.4. The van der Waals surface area contributed by atoms with Gasteiger partial charge in [0.1, 0.15) is 6.10 Å². The maximum Gasteiger partial charge on any atom is 0.319 e. The number of aromatic nitrogens is 4. The minimum Gasteiger partial charge on any atom is -0.383 e. The van der Waals surface area contributed by atoms with Crippen LogP contribution in [0.4, 0.5) is 4.79 Å². The van der Waals surface area contributed by atoms with E-state index in [-0.39, 0.29) is 24.0 Å². The van der Waals surface area contributed by atoms with Crippen molar-refractivity contribution in [2.75, 3.05) is 60.6 Å². The second kappa shape index (κ2) is 9.28. The number of nitrogens with zero attached hydrogens (tertiary/aromatic N) is 7. The van der Waals surface area contributed by atoms with Gasteiger partial charge >= 0.3 is 6.03 Å². The lowest BCUT2D eigenvalue weighted by Gasteiger charge is -2.37. The maximum atomic E-state index is 13.0. The summed E-state index contributed by atoms with van der Waals surface area (Å²) in [7, 11) is 5.10. The Kier molecular flexibility index (Phi) is 6.79. The summed E-state index contributed by atoms with van der Waals surface area (Å²) < 4.78 is 10.8. The maximum absolute atomic E-state index is 13.0. The van der Waals surface area contributed by atoms with Gasteiger partial charge in [-0.05, 0) is 18.1 Å². The fourth-order valence-corrected chi connectivity index (χ4v) is 3.52. The first-order valence-electron chi connectivity index (χ1n) is 9.63. The number of hydrogen-bond donors (Lipinski definition) is 0. The Morgan fingerprint density at radius 2 is 1.96 bits per heavy atom. The number of tetrazole rings is 1. The van der Waals surface area contributed by atoms with Crippen molar-refractivity contribution in [2.45, 2.75) is 25.5 Å². The average Bonchev–Trinajstić information content (AvgIpc) is 3.20. The van der Waals surface area contributed by atoms with Crippen molar-refractivity contribution in [3.8, 4) is 0 Å². The fourth-order valence-electron chi connectivity index (χ4n) is 3.52. The summed E-state index contributed by atoms with van der Waals surface area (Å²) in [5.41, 5.74) is 0. The molecule has 1 unspecified atom stereocenters. The number of methoxy groups -OCH3 is 1. The Hall–Kier alpha value is -2.27. The topological polar surface area (TPSA) is 106 Å². The number of hydrogen-bond acceptors (Lipinski definition) is 7. The van der Waals surface area contributed by atoms with Crippen LogP contribution in [0.3, 0.4) is 0 Å². The van der Waals surface area contributed by atoms with E-state index >= 15 is 0 Å². The minimum absolute atomic E-state index is 0.0000285. The highest BCUT2D eigenvalue weighted by molar-refractivity contribution is 5.80. The number of urea groups is 1. The molecule has 0 spiro atoms. The van der Waals surface area contributed by atoms with Crippen LogP contribution < -0.4 is 0 Å². The molecule has 1 atom stereocenters. The van der Waals surface area contributed by atoms with E-state index in [0.717, 1.165) is 0 Å². The lowest BCUT2D eigenvalue weighted by atomic mass is 9.95. The van der Waals surface area contributed by atoms with Crippen molar-refractivity contribution in [3.63, 3.8) is 0 Å². The van der Waals surface area contributed by atoms with Gasteiger partial charge < -0.3 is 24.2 Å². The van der Waals surface area contributed by atoms with Gasteiger partial charge in [0.15, 0.2) is 0 Å². The molecule has 0 radical (unpaired) electrons. The standard InChI is InChI=1S/C17H29N7O4/c1-21(2)17(26)22-6-4-13(5-7-22)16(25)23-8-11-28-14(12-23)15-18-20-24(19-15)9-10-27-3/h13-14H,4-12H2,1-3H3. The lowest BCUT2D eigenvalue weighted by Crippen LogP contribution is -2.49. The molecular weight excluding hydrogens is 366 g/mol. The fraction of sp³-hybridized carbons (Fsp3) is 0.824. The third kappa shape index (κ3) is 4.76. The highest BCUT2D eigenvalue weighted by Crippen LogP contribution is 2.24. The molecule has 1 aromatic heterocycles. The van der Waals surface area contributed by atoms with Crippen LogP contribution in [-0.2, 0) is 20.8 Å².